The van der Waals surface area contributed by atoms with Gasteiger partial charge < -0.3 is 10.5 Å². The van der Waals surface area contributed by atoms with Crippen LogP contribution in [0.1, 0.15) is 25.1 Å². The minimum absolute atomic E-state index is 0.0688. The van der Waals surface area contributed by atoms with E-state index in [1.54, 1.807) is 11.6 Å². The number of nitrogen functional groups attached to an aromatic ring is 1. The lowest BCUT2D eigenvalue weighted by Crippen LogP contribution is -2.20. The van der Waals surface area contributed by atoms with Crippen molar-refractivity contribution in [2.24, 2.45) is 5.10 Å². The minimum Gasteiger partial charge on any atom is -0.490 e. The lowest BCUT2D eigenvalue weighted by Gasteiger charge is -2.11. The zero-order chi connectivity index (χ0) is 15.9. The smallest absolute Gasteiger partial charge is 0.246 e. The van der Waals surface area contributed by atoms with Gasteiger partial charge >= 0.3 is 0 Å². The van der Waals surface area contributed by atoms with E-state index in [9.17, 15) is 4.79 Å². The summed E-state index contributed by atoms with van der Waals surface area (Å²) in [5, 5.41) is 6.16. The second-order valence-electron chi connectivity index (χ2n) is 4.85. The number of nitrogens with two attached hydrogens (primary N) is 1. The predicted molar refractivity (Wildman–Crippen MR) is 88.2 cm³/mol. The van der Waals surface area contributed by atoms with Gasteiger partial charge in [0.25, 0.3) is 0 Å². The topological polar surface area (TPSA) is 89.6 Å². The number of carbonyl (C=O) groups excluding carboxylic acids is 1. The number of nitrogens with zero attached hydrogens (tertiary/aromatic N) is 2. The number of ether oxygens (including phenoxy) is 1. The van der Waals surface area contributed by atoms with E-state index in [4.69, 9.17) is 10.5 Å². The van der Waals surface area contributed by atoms with Crippen molar-refractivity contribution < 1.29 is 9.53 Å². The first kappa shape index (κ1) is 16.0. The third-order valence-electron chi connectivity index (χ3n) is 2.59. The van der Waals surface area contributed by atoms with Crippen molar-refractivity contribution >= 4 is 28.6 Å². The Morgan fingerprint density at radius 3 is 2.95 bits per heavy atom. The Balaban J connectivity index is 1.93. The average molecular weight is 318 g/mol. The molecule has 0 unspecified atom stereocenters. The van der Waals surface area contributed by atoms with Crippen molar-refractivity contribution in [2.75, 3.05) is 5.73 Å². The van der Waals surface area contributed by atoms with Gasteiger partial charge in [-0.05, 0) is 26.0 Å². The molecule has 6 nitrogen and oxygen atoms in total. The van der Waals surface area contributed by atoms with E-state index in [0.717, 1.165) is 11.3 Å². The summed E-state index contributed by atoms with van der Waals surface area (Å²) in [5.74, 6) is 0.478. The maximum atomic E-state index is 11.7. The first-order valence-corrected chi connectivity index (χ1v) is 7.70. The summed E-state index contributed by atoms with van der Waals surface area (Å²) < 4.78 is 5.67. The molecule has 2 rings (SSSR count). The van der Waals surface area contributed by atoms with E-state index >= 15 is 0 Å². The quantitative estimate of drug-likeness (QED) is 0.631. The van der Waals surface area contributed by atoms with Crippen LogP contribution in [0.2, 0.25) is 0 Å². The summed E-state index contributed by atoms with van der Waals surface area (Å²) in [6, 6.07) is 7.50. The van der Waals surface area contributed by atoms with Gasteiger partial charge in [-0.3, -0.25) is 4.79 Å². The van der Waals surface area contributed by atoms with Crippen molar-refractivity contribution in [3.8, 4) is 5.75 Å². The Morgan fingerprint density at radius 2 is 2.27 bits per heavy atom. The van der Waals surface area contributed by atoms with Gasteiger partial charge in [-0.2, -0.15) is 5.10 Å². The van der Waals surface area contributed by atoms with Crippen molar-refractivity contribution in [1.82, 2.24) is 10.4 Å². The monoisotopic (exact) mass is 318 g/mol. The fraction of sp³-hybridized carbons (Fsp3) is 0.267. The maximum Gasteiger partial charge on any atom is 0.246 e. The zero-order valence-corrected chi connectivity index (χ0v) is 13.3. The maximum absolute atomic E-state index is 11.7. The summed E-state index contributed by atoms with van der Waals surface area (Å²) in [6.07, 6.45) is 1.78. The minimum atomic E-state index is -0.246. The number of nitrogens with one attached hydrogen (secondary N) is 1. The highest BCUT2D eigenvalue weighted by Crippen LogP contribution is 2.17. The number of anilines is 1. The van der Waals surface area contributed by atoms with Crippen LogP contribution in [-0.4, -0.2) is 23.2 Å². The van der Waals surface area contributed by atoms with Crippen molar-refractivity contribution in [1.29, 1.82) is 0 Å². The van der Waals surface area contributed by atoms with Crippen LogP contribution in [0.15, 0.2) is 34.7 Å². The number of carbonyl (C=O) groups is 1. The number of aromatic nitrogens is 1. The predicted octanol–water partition coefficient (Wildman–Crippen LogP) is 2.21. The number of rotatable bonds is 6. The van der Waals surface area contributed by atoms with E-state index in [1.807, 2.05) is 38.1 Å². The van der Waals surface area contributed by atoms with Gasteiger partial charge in [0, 0.05) is 10.9 Å². The lowest BCUT2D eigenvalue weighted by atomic mass is 10.2. The molecule has 1 amide bonds. The third kappa shape index (κ3) is 4.85. The summed E-state index contributed by atoms with van der Waals surface area (Å²) in [4.78, 5) is 15.8. The Kier molecular flexibility index (Phi) is 5.48. The summed E-state index contributed by atoms with van der Waals surface area (Å²) >= 11 is 1.31. The van der Waals surface area contributed by atoms with E-state index in [1.165, 1.54) is 11.3 Å². The van der Waals surface area contributed by atoms with E-state index < -0.39 is 0 Å². The van der Waals surface area contributed by atoms with Crippen LogP contribution in [0, 0.1) is 0 Å². The highest BCUT2D eigenvalue weighted by molar-refractivity contribution is 7.13. The highest BCUT2D eigenvalue weighted by atomic mass is 32.1. The molecule has 0 bridgehead atoms. The molecule has 1 heterocycles. The molecule has 116 valence electrons. The fourth-order valence-electron chi connectivity index (χ4n) is 1.73. The molecule has 7 heteroatoms. The van der Waals surface area contributed by atoms with Crippen LogP contribution in [0.4, 0.5) is 5.13 Å². The molecule has 1 aromatic heterocycles. The van der Waals surface area contributed by atoms with Gasteiger partial charge in [-0.25, -0.2) is 10.4 Å². The number of thiazole rings is 1. The number of para-hydroxylation sites is 1. The van der Waals surface area contributed by atoms with Crippen LogP contribution in [0.25, 0.3) is 0 Å². The van der Waals surface area contributed by atoms with Crippen LogP contribution < -0.4 is 15.9 Å². The lowest BCUT2D eigenvalue weighted by molar-refractivity contribution is -0.120. The first-order valence-electron chi connectivity index (χ1n) is 6.82. The molecular formula is C15H18N4O2S. The molecule has 2 aromatic rings. The van der Waals surface area contributed by atoms with Gasteiger partial charge in [0.15, 0.2) is 5.13 Å². The molecule has 0 saturated carbocycles. The fourth-order valence-corrected chi connectivity index (χ4v) is 2.29. The molecule has 0 fully saturated rings. The van der Waals surface area contributed by atoms with E-state index in [-0.39, 0.29) is 18.4 Å². The molecular weight excluding hydrogens is 300 g/mol. The Labute approximate surface area is 133 Å². The van der Waals surface area contributed by atoms with Crippen molar-refractivity contribution in [2.45, 2.75) is 26.4 Å². The molecule has 0 aliphatic rings. The molecule has 0 saturated heterocycles. The molecule has 0 spiro atoms. The number of benzene rings is 1. The second kappa shape index (κ2) is 7.56. The Morgan fingerprint density at radius 1 is 1.50 bits per heavy atom. The Bertz CT molecular complexity index is 667. The van der Waals surface area contributed by atoms with Gasteiger partial charge in [0.1, 0.15) is 5.75 Å². The summed E-state index contributed by atoms with van der Waals surface area (Å²) in [6.45, 7) is 3.91. The second-order valence-corrected chi connectivity index (χ2v) is 5.74. The van der Waals surface area contributed by atoms with E-state index in [0.29, 0.717) is 10.8 Å². The third-order valence-corrected chi connectivity index (χ3v) is 3.31. The number of hydrazone groups is 1. The zero-order valence-electron chi connectivity index (χ0n) is 12.4. The summed E-state index contributed by atoms with van der Waals surface area (Å²) in [5.41, 5.74) is 9.43. The average Bonchev–Trinajstić information content (AvgIpc) is 2.85. The van der Waals surface area contributed by atoms with Crippen LogP contribution >= 0.6 is 11.3 Å². The van der Waals surface area contributed by atoms with Gasteiger partial charge in [0.05, 0.1) is 24.4 Å². The number of amides is 1. The molecule has 3 N–H and O–H groups in total. The van der Waals surface area contributed by atoms with E-state index in [2.05, 4.69) is 15.5 Å². The molecule has 22 heavy (non-hydrogen) atoms. The largest absolute Gasteiger partial charge is 0.490 e. The van der Waals surface area contributed by atoms with Gasteiger partial charge in [-0.1, -0.05) is 12.1 Å². The SMILES string of the molecule is CC(C)Oc1ccccc1/C=N/NC(=O)Cc1csc(N)n1. The molecule has 1 aromatic carbocycles. The van der Waals surface area contributed by atoms with Crippen LogP contribution in [0.5, 0.6) is 5.75 Å². The molecule has 0 aliphatic heterocycles. The van der Waals surface area contributed by atoms with Crippen LogP contribution in [0.3, 0.4) is 0 Å². The number of hydrogen-bond acceptors (Lipinski definition) is 6. The van der Waals surface area contributed by atoms with Crippen molar-refractivity contribution in [3.63, 3.8) is 0 Å². The van der Waals surface area contributed by atoms with Gasteiger partial charge in [0.2, 0.25) is 5.91 Å². The normalized spacial score (nSPS) is 11.0. The van der Waals surface area contributed by atoms with Crippen LogP contribution in [-0.2, 0) is 11.2 Å². The molecule has 0 aliphatic carbocycles. The highest BCUT2D eigenvalue weighted by Gasteiger charge is 2.06. The molecule has 0 atom stereocenters. The number of hydrogen-bond donors (Lipinski definition) is 2. The van der Waals surface area contributed by atoms with Gasteiger partial charge in [-0.15, -0.1) is 11.3 Å². The Hall–Kier alpha value is -2.41. The first-order chi connectivity index (χ1) is 10.5. The van der Waals surface area contributed by atoms with Crippen molar-refractivity contribution in [3.05, 3.63) is 40.9 Å². The standard InChI is InChI=1S/C15H18N4O2S/c1-10(2)21-13-6-4-3-5-11(13)8-17-19-14(20)7-12-9-22-15(16)18-12/h3-6,8-10H,7H2,1-2H3,(H2,16,18)(H,19,20)/b17-8+. The molecule has 0 radical (unpaired) electrons. The summed E-state index contributed by atoms with van der Waals surface area (Å²) in [7, 11) is 0.